The van der Waals surface area contributed by atoms with Gasteiger partial charge in [-0.2, -0.15) is 0 Å². The third-order valence-electron chi connectivity index (χ3n) is 3.67. The SMILES string of the molecule is COC(C)(C)CCOC1COc2ccccc2C1N. The molecule has 2 unspecified atom stereocenters. The third-order valence-corrected chi connectivity index (χ3v) is 3.67. The van der Waals surface area contributed by atoms with Gasteiger partial charge in [0.1, 0.15) is 18.5 Å². The van der Waals surface area contributed by atoms with Crippen molar-refractivity contribution in [3.05, 3.63) is 29.8 Å². The topological polar surface area (TPSA) is 53.7 Å². The summed E-state index contributed by atoms with van der Waals surface area (Å²) in [4.78, 5) is 0. The number of para-hydroxylation sites is 1. The minimum Gasteiger partial charge on any atom is -0.490 e. The maximum Gasteiger partial charge on any atom is 0.124 e. The fourth-order valence-corrected chi connectivity index (χ4v) is 2.07. The number of benzene rings is 1. The minimum absolute atomic E-state index is 0.0949. The lowest BCUT2D eigenvalue weighted by Crippen LogP contribution is -2.39. The van der Waals surface area contributed by atoms with Crippen LogP contribution in [0.15, 0.2) is 24.3 Å². The summed E-state index contributed by atoms with van der Waals surface area (Å²) < 4.78 is 16.9. The van der Waals surface area contributed by atoms with E-state index in [4.69, 9.17) is 19.9 Å². The lowest BCUT2D eigenvalue weighted by molar-refractivity contribution is -0.0478. The van der Waals surface area contributed by atoms with Gasteiger partial charge in [0, 0.05) is 19.3 Å². The van der Waals surface area contributed by atoms with Crippen LogP contribution in [-0.4, -0.2) is 32.0 Å². The minimum atomic E-state index is -0.169. The van der Waals surface area contributed by atoms with Crippen LogP contribution in [0.3, 0.4) is 0 Å². The molecule has 1 aromatic rings. The van der Waals surface area contributed by atoms with E-state index in [1.54, 1.807) is 7.11 Å². The van der Waals surface area contributed by atoms with Gasteiger partial charge in [0.05, 0.1) is 11.6 Å². The first-order chi connectivity index (χ1) is 9.03. The Morgan fingerprint density at radius 1 is 1.37 bits per heavy atom. The van der Waals surface area contributed by atoms with Crippen molar-refractivity contribution in [3.63, 3.8) is 0 Å². The molecule has 2 rings (SSSR count). The average Bonchev–Trinajstić information content (AvgIpc) is 2.42. The standard InChI is InChI=1S/C15H23NO3/c1-15(2,17-3)8-9-18-13-10-19-12-7-5-4-6-11(12)14(13)16/h4-7,13-14H,8-10,16H2,1-3H3. The molecule has 4 nitrogen and oxygen atoms in total. The van der Waals surface area contributed by atoms with E-state index in [0.717, 1.165) is 17.7 Å². The van der Waals surface area contributed by atoms with Crippen LogP contribution < -0.4 is 10.5 Å². The van der Waals surface area contributed by atoms with Gasteiger partial charge in [-0.25, -0.2) is 0 Å². The summed E-state index contributed by atoms with van der Waals surface area (Å²) in [5.41, 5.74) is 7.09. The molecule has 0 bridgehead atoms. The highest BCUT2D eigenvalue weighted by Gasteiger charge is 2.29. The molecule has 1 heterocycles. The fourth-order valence-electron chi connectivity index (χ4n) is 2.07. The largest absolute Gasteiger partial charge is 0.490 e. The van der Waals surface area contributed by atoms with Crippen LogP contribution in [-0.2, 0) is 9.47 Å². The Bertz CT molecular complexity index is 420. The van der Waals surface area contributed by atoms with Gasteiger partial charge in [-0.15, -0.1) is 0 Å². The van der Waals surface area contributed by atoms with Crippen molar-refractivity contribution in [3.8, 4) is 5.75 Å². The third kappa shape index (κ3) is 3.47. The maximum atomic E-state index is 6.24. The Balaban J connectivity index is 1.90. The van der Waals surface area contributed by atoms with Gasteiger partial charge in [0.2, 0.25) is 0 Å². The van der Waals surface area contributed by atoms with Crippen molar-refractivity contribution in [1.82, 2.24) is 0 Å². The van der Waals surface area contributed by atoms with E-state index < -0.39 is 0 Å². The first-order valence-corrected chi connectivity index (χ1v) is 6.67. The van der Waals surface area contributed by atoms with Crippen molar-refractivity contribution in [2.75, 3.05) is 20.3 Å². The summed E-state index contributed by atoms with van der Waals surface area (Å²) in [7, 11) is 1.71. The van der Waals surface area contributed by atoms with Gasteiger partial charge in [0.25, 0.3) is 0 Å². The van der Waals surface area contributed by atoms with Gasteiger partial charge in [-0.1, -0.05) is 18.2 Å². The number of hydrogen-bond acceptors (Lipinski definition) is 4. The van der Waals surface area contributed by atoms with Crippen LogP contribution in [0.2, 0.25) is 0 Å². The zero-order valence-electron chi connectivity index (χ0n) is 11.9. The summed E-state index contributed by atoms with van der Waals surface area (Å²) in [5.74, 6) is 0.868. The lowest BCUT2D eigenvalue weighted by atomic mass is 9.99. The number of rotatable bonds is 5. The molecule has 19 heavy (non-hydrogen) atoms. The van der Waals surface area contributed by atoms with Gasteiger partial charge in [-0.05, 0) is 26.3 Å². The highest BCUT2D eigenvalue weighted by Crippen LogP contribution is 2.31. The molecule has 1 aromatic carbocycles. The summed E-state index contributed by atoms with van der Waals surface area (Å²) in [6.07, 6.45) is 0.733. The molecule has 0 amide bonds. The number of hydrogen-bond donors (Lipinski definition) is 1. The number of nitrogens with two attached hydrogens (primary N) is 1. The molecule has 0 spiro atoms. The second-order valence-corrected chi connectivity index (χ2v) is 5.50. The van der Waals surface area contributed by atoms with Gasteiger partial charge < -0.3 is 19.9 Å². The maximum absolute atomic E-state index is 6.24. The van der Waals surface area contributed by atoms with E-state index in [-0.39, 0.29) is 17.7 Å². The Kier molecular flexibility index (Phi) is 4.45. The molecule has 2 N–H and O–H groups in total. The molecule has 0 saturated heterocycles. The molecule has 1 aliphatic rings. The molecule has 2 atom stereocenters. The molecule has 4 heteroatoms. The van der Waals surface area contributed by atoms with Crippen molar-refractivity contribution in [2.45, 2.75) is 38.0 Å². The smallest absolute Gasteiger partial charge is 0.124 e. The lowest BCUT2D eigenvalue weighted by Gasteiger charge is -2.32. The Morgan fingerprint density at radius 2 is 2.11 bits per heavy atom. The first kappa shape index (κ1) is 14.3. The number of fused-ring (bicyclic) bond motifs is 1. The van der Waals surface area contributed by atoms with Crippen molar-refractivity contribution >= 4 is 0 Å². The Hall–Kier alpha value is -1.10. The van der Waals surface area contributed by atoms with Crippen molar-refractivity contribution < 1.29 is 14.2 Å². The van der Waals surface area contributed by atoms with E-state index >= 15 is 0 Å². The molecule has 0 radical (unpaired) electrons. The van der Waals surface area contributed by atoms with Crippen LogP contribution in [0.25, 0.3) is 0 Å². The molecule has 0 saturated carbocycles. The van der Waals surface area contributed by atoms with Gasteiger partial charge in [-0.3, -0.25) is 0 Å². The van der Waals surface area contributed by atoms with E-state index in [1.807, 2.05) is 38.1 Å². The van der Waals surface area contributed by atoms with E-state index in [0.29, 0.717) is 13.2 Å². The second kappa shape index (κ2) is 5.90. The Morgan fingerprint density at radius 3 is 2.84 bits per heavy atom. The predicted molar refractivity (Wildman–Crippen MR) is 74.3 cm³/mol. The zero-order valence-corrected chi connectivity index (χ0v) is 11.9. The molecule has 106 valence electrons. The van der Waals surface area contributed by atoms with Crippen LogP contribution in [0.1, 0.15) is 31.9 Å². The van der Waals surface area contributed by atoms with E-state index in [9.17, 15) is 0 Å². The van der Waals surface area contributed by atoms with Crippen LogP contribution in [0.4, 0.5) is 0 Å². The molecular formula is C15H23NO3. The van der Waals surface area contributed by atoms with Crippen molar-refractivity contribution in [1.29, 1.82) is 0 Å². The quantitative estimate of drug-likeness (QED) is 0.887. The van der Waals surface area contributed by atoms with E-state index in [1.165, 1.54) is 0 Å². The van der Waals surface area contributed by atoms with Gasteiger partial charge in [0.15, 0.2) is 0 Å². The van der Waals surface area contributed by atoms with Crippen molar-refractivity contribution in [2.24, 2.45) is 5.73 Å². The first-order valence-electron chi connectivity index (χ1n) is 6.67. The summed E-state index contributed by atoms with van der Waals surface area (Å²) in [5, 5.41) is 0. The molecule has 0 aromatic heterocycles. The molecular weight excluding hydrogens is 242 g/mol. The molecule has 0 aliphatic carbocycles. The molecule has 1 aliphatic heterocycles. The van der Waals surface area contributed by atoms with Crippen LogP contribution >= 0.6 is 0 Å². The predicted octanol–water partition coefficient (Wildman–Crippen LogP) is 2.28. The average molecular weight is 265 g/mol. The Labute approximate surface area is 114 Å². The summed E-state index contributed by atoms with van der Waals surface area (Å²) >= 11 is 0. The highest BCUT2D eigenvalue weighted by atomic mass is 16.5. The van der Waals surface area contributed by atoms with Crippen LogP contribution in [0.5, 0.6) is 5.75 Å². The summed E-state index contributed by atoms with van der Waals surface area (Å²) in [6.45, 7) is 5.21. The van der Waals surface area contributed by atoms with Crippen LogP contribution in [0, 0.1) is 0 Å². The summed E-state index contributed by atoms with van der Waals surface area (Å²) in [6, 6.07) is 7.73. The normalized spacial score (nSPS) is 22.7. The molecule has 0 fully saturated rings. The fraction of sp³-hybridized carbons (Fsp3) is 0.600. The van der Waals surface area contributed by atoms with Gasteiger partial charge >= 0.3 is 0 Å². The number of ether oxygens (including phenoxy) is 3. The van der Waals surface area contributed by atoms with E-state index in [2.05, 4.69) is 0 Å². The zero-order chi connectivity index (χ0) is 13.9. The highest BCUT2D eigenvalue weighted by molar-refractivity contribution is 5.38. The monoisotopic (exact) mass is 265 g/mol. The second-order valence-electron chi connectivity index (χ2n) is 5.50. The number of methoxy groups -OCH3 is 1.